The highest BCUT2D eigenvalue weighted by atomic mass is 16.5. The zero-order chi connectivity index (χ0) is 18.1. The summed E-state index contributed by atoms with van der Waals surface area (Å²) in [5.41, 5.74) is 1.55. The van der Waals surface area contributed by atoms with Crippen LogP contribution in [0.15, 0.2) is 48.5 Å². The van der Waals surface area contributed by atoms with E-state index < -0.39 is 0 Å². The van der Waals surface area contributed by atoms with Crippen molar-refractivity contribution in [3.63, 3.8) is 0 Å². The Hall–Kier alpha value is -3.02. The second-order valence-electron chi connectivity index (χ2n) is 5.31. The summed E-state index contributed by atoms with van der Waals surface area (Å²) in [5.74, 6) is 0.790. The molecule has 0 aliphatic rings. The van der Waals surface area contributed by atoms with Gasteiger partial charge in [-0.3, -0.25) is 9.59 Å². The molecule has 6 nitrogen and oxygen atoms in total. The number of nitrogens with one attached hydrogen (secondary N) is 2. The number of methoxy groups -OCH3 is 1. The molecular weight excluding hydrogens is 320 g/mol. The molecule has 2 N–H and O–H groups in total. The summed E-state index contributed by atoms with van der Waals surface area (Å²) in [6, 6.07) is 14.4. The molecule has 0 heterocycles. The minimum absolute atomic E-state index is 0.233. The predicted octanol–water partition coefficient (Wildman–Crippen LogP) is 2.74. The average Bonchev–Trinajstić information content (AvgIpc) is 2.62. The van der Waals surface area contributed by atoms with Crippen molar-refractivity contribution in [1.29, 1.82) is 0 Å². The molecule has 0 fully saturated rings. The molecule has 0 aliphatic carbocycles. The largest absolute Gasteiger partial charge is 0.497 e. The molecule has 0 aliphatic heterocycles. The van der Waals surface area contributed by atoms with Crippen LogP contribution >= 0.6 is 0 Å². The van der Waals surface area contributed by atoms with E-state index in [4.69, 9.17) is 9.47 Å². The van der Waals surface area contributed by atoms with Crippen molar-refractivity contribution in [2.75, 3.05) is 19.0 Å². The molecule has 0 saturated carbocycles. The third kappa shape index (κ3) is 6.18. The maximum absolute atomic E-state index is 11.9. The van der Waals surface area contributed by atoms with Crippen molar-refractivity contribution in [2.24, 2.45) is 0 Å². The molecule has 2 aromatic rings. The summed E-state index contributed by atoms with van der Waals surface area (Å²) in [4.78, 5) is 23.8. The van der Waals surface area contributed by atoms with E-state index in [1.165, 1.54) is 0 Å². The lowest BCUT2D eigenvalue weighted by molar-refractivity contribution is -0.126. The first kappa shape index (κ1) is 18.3. The molecule has 2 rings (SSSR count). The van der Waals surface area contributed by atoms with Crippen LogP contribution in [0.4, 0.5) is 5.69 Å². The van der Waals surface area contributed by atoms with Crippen molar-refractivity contribution in [3.05, 3.63) is 54.1 Å². The van der Waals surface area contributed by atoms with Gasteiger partial charge in [-0.1, -0.05) is 12.1 Å². The molecule has 0 bridgehead atoms. The number of carbonyl (C=O) groups excluding carboxylic acids is 2. The Morgan fingerprint density at radius 3 is 2.16 bits per heavy atom. The minimum atomic E-state index is -0.364. The zero-order valence-electron chi connectivity index (χ0n) is 14.4. The van der Waals surface area contributed by atoms with E-state index in [0.29, 0.717) is 18.8 Å². The van der Waals surface area contributed by atoms with Gasteiger partial charge in [-0.15, -0.1) is 0 Å². The number of amides is 2. The monoisotopic (exact) mass is 342 g/mol. The summed E-state index contributed by atoms with van der Waals surface area (Å²) >= 11 is 0. The van der Waals surface area contributed by atoms with Gasteiger partial charge in [0.05, 0.1) is 13.7 Å². The van der Waals surface area contributed by atoms with E-state index in [9.17, 15) is 9.59 Å². The van der Waals surface area contributed by atoms with Crippen LogP contribution in [-0.4, -0.2) is 25.5 Å². The molecule has 0 radical (unpaired) electrons. The molecule has 25 heavy (non-hydrogen) atoms. The van der Waals surface area contributed by atoms with Gasteiger partial charge in [-0.05, 0) is 48.9 Å². The summed E-state index contributed by atoms with van der Waals surface area (Å²) in [5, 5.41) is 5.40. The highest BCUT2D eigenvalue weighted by Gasteiger charge is 2.09. The van der Waals surface area contributed by atoms with Gasteiger partial charge >= 0.3 is 0 Å². The smallest absolute Gasteiger partial charge is 0.233 e. The van der Waals surface area contributed by atoms with Gasteiger partial charge in [0, 0.05) is 12.2 Å². The fraction of sp³-hybridized carbons (Fsp3) is 0.263. The van der Waals surface area contributed by atoms with Crippen molar-refractivity contribution in [1.82, 2.24) is 5.32 Å². The van der Waals surface area contributed by atoms with Crippen molar-refractivity contribution in [2.45, 2.75) is 19.9 Å². The van der Waals surface area contributed by atoms with Gasteiger partial charge in [0.1, 0.15) is 17.9 Å². The number of anilines is 1. The predicted molar refractivity (Wildman–Crippen MR) is 95.7 cm³/mol. The van der Waals surface area contributed by atoms with Crippen molar-refractivity contribution < 1.29 is 19.1 Å². The van der Waals surface area contributed by atoms with Crippen LogP contribution in [-0.2, 0) is 16.1 Å². The quantitative estimate of drug-likeness (QED) is 0.723. The first-order valence-electron chi connectivity index (χ1n) is 8.03. The van der Waals surface area contributed by atoms with Gasteiger partial charge in [0.25, 0.3) is 0 Å². The highest BCUT2D eigenvalue weighted by molar-refractivity contribution is 6.03. The maximum Gasteiger partial charge on any atom is 0.233 e. The Morgan fingerprint density at radius 1 is 0.920 bits per heavy atom. The number of ether oxygens (including phenoxy) is 2. The summed E-state index contributed by atoms with van der Waals surface area (Å²) in [6.07, 6.45) is -0.233. The lowest BCUT2D eigenvalue weighted by Crippen LogP contribution is -2.27. The van der Waals surface area contributed by atoms with Crippen molar-refractivity contribution >= 4 is 17.5 Å². The topological polar surface area (TPSA) is 76.7 Å². The van der Waals surface area contributed by atoms with E-state index in [0.717, 1.165) is 17.1 Å². The van der Waals surface area contributed by atoms with Crippen LogP contribution in [0.1, 0.15) is 18.9 Å². The van der Waals surface area contributed by atoms with E-state index in [-0.39, 0.29) is 18.2 Å². The lowest BCUT2D eigenvalue weighted by atomic mass is 10.2. The number of hydrogen-bond donors (Lipinski definition) is 2. The van der Waals surface area contributed by atoms with Crippen LogP contribution in [0, 0.1) is 0 Å². The first-order chi connectivity index (χ1) is 12.1. The fourth-order valence-electron chi connectivity index (χ4n) is 2.16. The molecule has 0 spiro atoms. The molecule has 0 atom stereocenters. The standard InChI is InChI=1S/C19H22N2O4/c1-3-25-17-10-6-15(7-11-17)21-19(23)12-18(22)20-13-14-4-8-16(24-2)9-5-14/h4-11H,3,12-13H2,1-2H3,(H,20,22)(H,21,23). The van der Waals surface area contributed by atoms with E-state index in [1.807, 2.05) is 31.2 Å². The van der Waals surface area contributed by atoms with Gasteiger partial charge in [-0.25, -0.2) is 0 Å². The number of rotatable bonds is 8. The first-order valence-corrected chi connectivity index (χ1v) is 8.03. The third-order valence-electron chi connectivity index (χ3n) is 3.42. The Bertz CT molecular complexity index is 696. The maximum atomic E-state index is 11.9. The second kappa shape index (κ2) is 9.32. The Morgan fingerprint density at radius 2 is 1.56 bits per heavy atom. The van der Waals surface area contributed by atoms with E-state index >= 15 is 0 Å². The summed E-state index contributed by atoms with van der Waals surface area (Å²) in [7, 11) is 1.60. The normalized spacial score (nSPS) is 10.0. The molecule has 6 heteroatoms. The Labute approximate surface area is 147 Å². The van der Waals surface area contributed by atoms with Gasteiger partial charge in [0.2, 0.25) is 11.8 Å². The molecular formula is C19H22N2O4. The minimum Gasteiger partial charge on any atom is -0.497 e. The van der Waals surface area contributed by atoms with Gasteiger partial charge in [0.15, 0.2) is 0 Å². The molecule has 0 aromatic heterocycles. The van der Waals surface area contributed by atoms with Crippen LogP contribution in [0.5, 0.6) is 11.5 Å². The highest BCUT2D eigenvalue weighted by Crippen LogP contribution is 2.15. The van der Waals surface area contributed by atoms with E-state index in [2.05, 4.69) is 10.6 Å². The van der Waals surface area contributed by atoms with Gasteiger partial charge in [-0.2, -0.15) is 0 Å². The summed E-state index contributed by atoms with van der Waals surface area (Å²) in [6.45, 7) is 2.85. The SMILES string of the molecule is CCOc1ccc(NC(=O)CC(=O)NCc2ccc(OC)cc2)cc1. The van der Waals surface area contributed by atoms with Crippen LogP contribution < -0.4 is 20.1 Å². The van der Waals surface area contributed by atoms with Crippen molar-refractivity contribution in [3.8, 4) is 11.5 Å². The van der Waals surface area contributed by atoms with Crippen LogP contribution in [0.2, 0.25) is 0 Å². The van der Waals surface area contributed by atoms with Gasteiger partial charge < -0.3 is 20.1 Å². The number of benzene rings is 2. The van der Waals surface area contributed by atoms with Crippen LogP contribution in [0.3, 0.4) is 0 Å². The molecule has 2 aromatic carbocycles. The molecule has 132 valence electrons. The molecule has 0 saturated heterocycles. The average molecular weight is 342 g/mol. The summed E-state index contributed by atoms with van der Waals surface area (Å²) < 4.78 is 10.4. The fourth-order valence-corrected chi connectivity index (χ4v) is 2.16. The lowest BCUT2D eigenvalue weighted by Gasteiger charge is -2.08. The second-order valence-corrected chi connectivity index (χ2v) is 5.31. The number of hydrogen-bond acceptors (Lipinski definition) is 4. The molecule has 0 unspecified atom stereocenters. The van der Waals surface area contributed by atoms with E-state index in [1.54, 1.807) is 31.4 Å². The zero-order valence-corrected chi connectivity index (χ0v) is 14.4. The molecule has 2 amide bonds. The van der Waals surface area contributed by atoms with Crippen LogP contribution in [0.25, 0.3) is 0 Å². The number of carbonyl (C=O) groups is 2. The Balaban J connectivity index is 1.76. The third-order valence-corrected chi connectivity index (χ3v) is 3.42. The Kier molecular flexibility index (Phi) is 6.83.